The number of halogens is 1. The van der Waals surface area contributed by atoms with Gasteiger partial charge in [-0.15, -0.1) is 11.6 Å². The summed E-state index contributed by atoms with van der Waals surface area (Å²) in [4.78, 5) is 7.47. The minimum Gasteiger partial charge on any atom is -0.345 e. The Kier molecular flexibility index (Phi) is 2.55. The van der Waals surface area contributed by atoms with Gasteiger partial charge in [0.05, 0.1) is 11.6 Å². The van der Waals surface area contributed by atoms with E-state index in [0.717, 1.165) is 17.2 Å². The quantitative estimate of drug-likeness (QED) is 0.683. The molecule has 0 fully saturated rings. The van der Waals surface area contributed by atoms with Gasteiger partial charge in [-0.1, -0.05) is 13.8 Å². The van der Waals surface area contributed by atoms with Gasteiger partial charge in [0, 0.05) is 5.69 Å². The highest BCUT2D eigenvalue weighted by Crippen LogP contribution is 2.16. The molecule has 0 aliphatic carbocycles. The lowest BCUT2D eigenvalue weighted by Crippen LogP contribution is -1.89. The molecule has 1 rings (SSSR count). The van der Waals surface area contributed by atoms with E-state index in [2.05, 4.69) is 23.8 Å². The van der Waals surface area contributed by atoms with Crippen LogP contribution in [0.3, 0.4) is 0 Å². The van der Waals surface area contributed by atoms with Crippen LogP contribution in [0.25, 0.3) is 0 Å². The Morgan fingerprint density at radius 2 is 2.18 bits per heavy atom. The van der Waals surface area contributed by atoms with Crippen molar-refractivity contribution in [2.24, 2.45) is 0 Å². The lowest BCUT2D eigenvalue weighted by molar-refractivity contribution is 0.819. The van der Waals surface area contributed by atoms with Gasteiger partial charge in [0.1, 0.15) is 5.82 Å². The first kappa shape index (κ1) is 8.60. The summed E-state index contributed by atoms with van der Waals surface area (Å²) in [6.45, 7) is 6.28. The number of nitrogens with zero attached hydrogens (tertiary/aromatic N) is 1. The summed E-state index contributed by atoms with van der Waals surface area (Å²) in [6.07, 6.45) is 0. The number of hydrogen-bond acceptors (Lipinski definition) is 1. The number of aromatic amines is 1. The smallest absolute Gasteiger partial charge is 0.121 e. The molecule has 0 spiro atoms. The Balaban J connectivity index is 2.97. The lowest BCUT2D eigenvalue weighted by atomic mass is 10.1. The van der Waals surface area contributed by atoms with Gasteiger partial charge in [0.2, 0.25) is 0 Å². The van der Waals surface area contributed by atoms with Crippen LogP contribution in [0, 0.1) is 6.92 Å². The summed E-state index contributed by atoms with van der Waals surface area (Å²) in [5, 5.41) is 0. The fourth-order valence-corrected chi connectivity index (χ4v) is 1.29. The van der Waals surface area contributed by atoms with Crippen LogP contribution in [0.5, 0.6) is 0 Å². The third-order valence-corrected chi connectivity index (χ3v) is 1.90. The summed E-state index contributed by atoms with van der Waals surface area (Å²) in [7, 11) is 0. The van der Waals surface area contributed by atoms with Crippen LogP contribution in [0.2, 0.25) is 0 Å². The standard InChI is InChI=1S/C8H13ClN2/c1-5(2)8-6(3)10-7(4-9)11-8/h5H,4H2,1-3H3,(H,10,11). The fraction of sp³-hybridized carbons (Fsp3) is 0.625. The number of aryl methyl sites for hydroxylation is 1. The van der Waals surface area contributed by atoms with E-state index in [1.165, 1.54) is 0 Å². The van der Waals surface area contributed by atoms with E-state index in [1.807, 2.05) is 6.92 Å². The third-order valence-electron chi connectivity index (χ3n) is 1.64. The summed E-state index contributed by atoms with van der Waals surface area (Å²) in [6, 6.07) is 0. The lowest BCUT2D eigenvalue weighted by Gasteiger charge is -1.99. The first-order chi connectivity index (χ1) is 5.15. The van der Waals surface area contributed by atoms with Gasteiger partial charge < -0.3 is 4.98 Å². The maximum Gasteiger partial charge on any atom is 0.121 e. The van der Waals surface area contributed by atoms with Crippen molar-refractivity contribution in [2.45, 2.75) is 32.6 Å². The first-order valence-electron chi connectivity index (χ1n) is 3.76. The van der Waals surface area contributed by atoms with Gasteiger partial charge in [0.15, 0.2) is 0 Å². The molecular weight excluding hydrogens is 160 g/mol. The summed E-state index contributed by atoms with van der Waals surface area (Å²) in [5.41, 5.74) is 2.26. The molecule has 0 aromatic carbocycles. The van der Waals surface area contributed by atoms with Gasteiger partial charge in [-0.3, -0.25) is 0 Å². The second-order valence-electron chi connectivity index (χ2n) is 2.98. The molecular formula is C8H13ClN2. The molecule has 0 unspecified atom stereocenters. The van der Waals surface area contributed by atoms with Crippen molar-refractivity contribution in [2.75, 3.05) is 0 Å². The Labute approximate surface area is 72.0 Å². The number of imidazole rings is 1. The zero-order valence-corrected chi connectivity index (χ0v) is 7.87. The molecule has 3 heteroatoms. The van der Waals surface area contributed by atoms with Gasteiger partial charge >= 0.3 is 0 Å². The molecule has 0 saturated heterocycles. The molecule has 1 N–H and O–H groups in total. The van der Waals surface area contributed by atoms with Crippen molar-refractivity contribution in [1.29, 1.82) is 0 Å². The van der Waals surface area contributed by atoms with E-state index >= 15 is 0 Å². The summed E-state index contributed by atoms with van der Waals surface area (Å²) >= 11 is 5.62. The van der Waals surface area contributed by atoms with E-state index < -0.39 is 0 Å². The number of H-pyrrole nitrogens is 1. The Hall–Kier alpha value is -0.500. The van der Waals surface area contributed by atoms with Gasteiger partial charge in [-0.2, -0.15) is 0 Å². The predicted molar refractivity (Wildman–Crippen MR) is 47.0 cm³/mol. The van der Waals surface area contributed by atoms with Gasteiger partial charge in [0.25, 0.3) is 0 Å². The van der Waals surface area contributed by atoms with Crippen molar-refractivity contribution >= 4 is 11.6 Å². The molecule has 0 saturated carbocycles. The molecule has 1 heterocycles. The van der Waals surface area contributed by atoms with Crippen LogP contribution >= 0.6 is 11.6 Å². The normalized spacial score (nSPS) is 11.0. The van der Waals surface area contributed by atoms with Crippen LogP contribution in [0.15, 0.2) is 0 Å². The molecule has 1 aromatic heterocycles. The Morgan fingerprint density at radius 1 is 1.55 bits per heavy atom. The molecule has 62 valence electrons. The third kappa shape index (κ3) is 1.74. The average molecular weight is 173 g/mol. The number of nitrogens with one attached hydrogen (secondary N) is 1. The fourth-order valence-electron chi connectivity index (χ4n) is 1.16. The molecule has 0 atom stereocenters. The van der Waals surface area contributed by atoms with E-state index in [1.54, 1.807) is 0 Å². The second kappa shape index (κ2) is 3.26. The minimum atomic E-state index is 0.466. The molecule has 0 radical (unpaired) electrons. The molecule has 0 amide bonds. The number of hydrogen-bond donors (Lipinski definition) is 1. The van der Waals surface area contributed by atoms with Gasteiger partial charge in [-0.05, 0) is 12.8 Å². The van der Waals surface area contributed by atoms with E-state index in [0.29, 0.717) is 11.8 Å². The average Bonchev–Trinajstić information content (AvgIpc) is 2.30. The number of alkyl halides is 1. The zero-order chi connectivity index (χ0) is 8.43. The van der Waals surface area contributed by atoms with Crippen molar-refractivity contribution < 1.29 is 0 Å². The van der Waals surface area contributed by atoms with Crippen LogP contribution in [0.1, 0.15) is 37.0 Å². The minimum absolute atomic E-state index is 0.466. The van der Waals surface area contributed by atoms with Crippen molar-refractivity contribution in [3.63, 3.8) is 0 Å². The Bertz CT molecular complexity index is 240. The zero-order valence-electron chi connectivity index (χ0n) is 7.11. The maximum absolute atomic E-state index is 5.62. The van der Waals surface area contributed by atoms with Crippen molar-refractivity contribution in [3.8, 4) is 0 Å². The first-order valence-corrected chi connectivity index (χ1v) is 4.30. The monoisotopic (exact) mass is 172 g/mol. The van der Waals surface area contributed by atoms with E-state index in [4.69, 9.17) is 11.6 Å². The predicted octanol–water partition coefficient (Wildman–Crippen LogP) is 2.58. The molecule has 2 nitrogen and oxygen atoms in total. The molecule has 0 aliphatic heterocycles. The van der Waals surface area contributed by atoms with Crippen molar-refractivity contribution in [3.05, 3.63) is 17.2 Å². The second-order valence-corrected chi connectivity index (χ2v) is 3.25. The topological polar surface area (TPSA) is 28.7 Å². The van der Waals surface area contributed by atoms with Crippen LogP contribution in [0.4, 0.5) is 0 Å². The van der Waals surface area contributed by atoms with E-state index in [-0.39, 0.29) is 0 Å². The molecule has 11 heavy (non-hydrogen) atoms. The largest absolute Gasteiger partial charge is 0.345 e. The number of aromatic nitrogens is 2. The maximum atomic E-state index is 5.62. The highest BCUT2D eigenvalue weighted by Gasteiger charge is 2.08. The highest BCUT2D eigenvalue weighted by atomic mass is 35.5. The highest BCUT2D eigenvalue weighted by molar-refractivity contribution is 6.16. The van der Waals surface area contributed by atoms with Gasteiger partial charge in [-0.25, -0.2) is 4.98 Å². The SMILES string of the molecule is Cc1[nH]c(CCl)nc1C(C)C. The van der Waals surface area contributed by atoms with Crippen LogP contribution < -0.4 is 0 Å². The van der Waals surface area contributed by atoms with Crippen LogP contribution in [-0.4, -0.2) is 9.97 Å². The van der Waals surface area contributed by atoms with Crippen molar-refractivity contribution in [1.82, 2.24) is 9.97 Å². The molecule has 0 aliphatic rings. The number of rotatable bonds is 2. The van der Waals surface area contributed by atoms with E-state index in [9.17, 15) is 0 Å². The van der Waals surface area contributed by atoms with Crippen LogP contribution in [-0.2, 0) is 5.88 Å². The summed E-state index contributed by atoms with van der Waals surface area (Å²) in [5.74, 6) is 1.81. The summed E-state index contributed by atoms with van der Waals surface area (Å²) < 4.78 is 0. The molecule has 1 aromatic rings. The molecule has 0 bridgehead atoms. The Morgan fingerprint density at radius 3 is 2.45 bits per heavy atom.